The highest BCUT2D eigenvalue weighted by atomic mass is 32.1. The Hall–Kier alpha value is 0.0800. The van der Waals surface area contributed by atoms with Gasteiger partial charge < -0.3 is 24.8 Å². The van der Waals surface area contributed by atoms with Crippen LogP contribution in [0.3, 0.4) is 0 Å². The molecule has 1 aliphatic rings. The van der Waals surface area contributed by atoms with E-state index >= 15 is 0 Å². The summed E-state index contributed by atoms with van der Waals surface area (Å²) in [6, 6.07) is 0. The minimum atomic E-state index is -1.82. The first-order valence-electron chi connectivity index (χ1n) is 4.60. The van der Waals surface area contributed by atoms with Gasteiger partial charge in [-0.2, -0.15) is 12.6 Å². The summed E-state index contributed by atoms with van der Waals surface area (Å²) in [5, 5.41) is 27.5. The van der Waals surface area contributed by atoms with E-state index in [1.165, 1.54) is 0 Å². The van der Waals surface area contributed by atoms with Crippen molar-refractivity contribution in [1.82, 2.24) is 0 Å². The summed E-state index contributed by atoms with van der Waals surface area (Å²) in [5.74, 6) is 0.408. The smallest absolute Gasteiger partial charge is 0.186 e. The molecule has 3 N–H and O–H groups in total. The largest absolute Gasteiger partial charge is 0.394 e. The molecular formula is C8H15FO5S. The van der Waals surface area contributed by atoms with Gasteiger partial charge in [0.2, 0.25) is 0 Å². The third kappa shape index (κ3) is 3.02. The molecule has 15 heavy (non-hydrogen) atoms. The summed E-state index contributed by atoms with van der Waals surface area (Å²) >= 11 is 3.89. The molecular weight excluding hydrogens is 227 g/mol. The molecule has 5 atom stereocenters. The van der Waals surface area contributed by atoms with Crippen molar-refractivity contribution in [1.29, 1.82) is 0 Å². The van der Waals surface area contributed by atoms with Crippen molar-refractivity contribution in [2.75, 3.05) is 19.0 Å². The second kappa shape index (κ2) is 5.97. The van der Waals surface area contributed by atoms with Crippen LogP contribution in [0.5, 0.6) is 0 Å². The summed E-state index contributed by atoms with van der Waals surface area (Å²) < 4.78 is 23.2. The van der Waals surface area contributed by atoms with Gasteiger partial charge >= 0.3 is 0 Å². The van der Waals surface area contributed by atoms with Gasteiger partial charge in [0.1, 0.15) is 18.3 Å². The van der Waals surface area contributed by atoms with Crippen molar-refractivity contribution in [2.24, 2.45) is 0 Å². The van der Waals surface area contributed by atoms with Crippen molar-refractivity contribution in [3.05, 3.63) is 0 Å². The molecule has 5 nitrogen and oxygen atoms in total. The maximum atomic E-state index is 13.2. The Labute approximate surface area is 92.2 Å². The van der Waals surface area contributed by atoms with Gasteiger partial charge in [-0.15, -0.1) is 0 Å². The summed E-state index contributed by atoms with van der Waals surface area (Å²) in [5.41, 5.74) is 0. The van der Waals surface area contributed by atoms with Gasteiger partial charge in [-0.1, -0.05) is 0 Å². The summed E-state index contributed by atoms with van der Waals surface area (Å²) in [6.07, 6.45) is -7.19. The molecule has 0 spiro atoms. The van der Waals surface area contributed by atoms with Crippen molar-refractivity contribution in [3.63, 3.8) is 0 Å². The third-order valence-corrected chi connectivity index (χ3v) is 2.36. The molecule has 1 aliphatic heterocycles. The predicted octanol–water partition coefficient (Wildman–Crippen LogP) is -1.29. The normalized spacial score (nSPS) is 41.8. The SMILES string of the molecule is OC[C@H]1O[C@@H](OCCS)[C@H](O)[C@@H](O)[C@@H]1F. The van der Waals surface area contributed by atoms with Crippen molar-refractivity contribution in [2.45, 2.75) is 30.8 Å². The van der Waals surface area contributed by atoms with E-state index in [0.717, 1.165) is 0 Å². The second-order valence-electron chi connectivity index (χ2n) is 3.25. The van der Waals surface area contributed by atoms with Gasteiger partial charge in [-0.05, 0) is 0 Å². The van der Waals surface area contributed by atoms with E-state index in [-0.39, 0.29) is 6.61 Å². The van der Waals surface area contributed by atoms with Crippen LogP contribution in [0.25, 0.3) is 0 Å². The number of halogens is 1. The number of thiol groups is 1. The van der Waals surface area contributed by atoms with Crippen LogP contribution < -0.4 is 0 Å². The molecule has 0 aromatic heterocycles. The maximum Gasteiger partial charge on any atom is 0.186 e. The van der Waals surface area contributed by atoms with Crippen LogP contribution in [0.2, 0.25) is 0 Å². The highest BCUT2D eigenvalue weighted by Gasteiger charge is 2.45. The lowest BCUT2D eigenvalue weighted by atomic mass is 10.0. The van der Waals surface area contributed by atoms with Crippen molar-refractivity contribution in [3.8, 4) is 0 Å². The highest BCUT2D eigenvalue weighted by molar-refractivity contribution is 7.80. The molecule has 1 fully saturated rings. The standard InChI is InChI=1S/C8H15FO5S/c9-5-4(3-10)14-8(13-1-2-15)7(12)6(5)11/h4-8,10-12,15H,1-3H2/t4-,5-,6+,7-,8-/m1/s1. The molecule has 0 bridgehead atoms. The number of hydrogen-bond acceptors (Lipinski definition) is 6. The van der Waals surface area contributed by atoms with Crippen LogP contribution in [0, 0.1) is 0 Å². The molecule has 7 heteroatoms. The molecule has 0 amide bonds. The van der Waals surface area contributed by atoms with Crippen LogP contribution >= 0.6 is 12.6 Å². The first-order chi connectivity index (χ1) is 7.11. The van der Waals surface area contributed by atoms with Crippen LogP contribution in [-0.2, 0) is 9.47 Å². The lowest BCUT2D eigenvalue weighted by Gasteiger charge is -2.38. The second-order valence-corrected chi connectivity index (χ2v) is 3.69. The summed E-state index contributed by atoms with van der Waals surface area (Å²) in [7, 11) is 0. The predicted molar refractivity (Wildman–Crippen MR) is 52.5 cm³/mol. The molecule has 0 saturated carbocycles. The quantitative estimate of drug-likeness (QED) is 0.461. The molecule has 1 heterocycles. The Balaban J connectivity index is 2.57. The van der Waals surface area contributed by atoms with Gasteiger partial charge in [0, 0.05) is 5.75 Å². The Morgan fingerprint density at radius 3 is 2.53 bits per heavy atom. The van der Waals surface area contributed by atoms with Crippen LogP contribution in [0.4, 0.5) is 4.39 Å². The third-order valence-electron chi connectivity index (χ3n) is 2.17. The van der Waals surface area contributed by atoms with E-state index in [1.807, 2.05) is 0 Å². The van der Waals surface area contributed by atoms with Crippen molar-refractivity contribution >= 4 is 12.6 Å². The van der Waals surface area contributed by atoms with Crippen molar-refractivity contribution < 1.29 is 29.2 Å². The Morgan fingerprint density at radius 1 is 1.33 bits per heavy atom. The van der Waals surface area contributed by atoms with Crippen LogP contribution in [0.1, 0.15) is 0 Å². The first-order valence-corrected chi connectivity index (χ1v) is 5.24. The lowest BCUT2D eigenvalue weighted by molar-refractivity contribution is -0.289. The number of alkyl halides is 1. The van der Waals surface area contributed by atoms with E-state index in [2.05, 4.69) is 12.6 Å². The van der Waals surface area contributed by atoms with Crippen LogP contribution in [0.15, 0.2) is 0 Å². The fourth-order valence-corrected chi connectivity index (χ4v) is 1.45. The number of hydrogen-bond donors (Lipinski definition) is 4. The van der Waals surface area contributed by atoms with E-state index in [1.54, 1.807) is 0 Å². The Kier molecular flexibility index (Phi) is 5.24. The Bertz CT molecular complexity index is 194. The average Bonchev–Trinajstić information content (AvgIpc) is 2.25. The molecule has 90 valence electrons. The maximum absolute atomic E-state index is 13.2. The monoisotopic (exact) mass is 242 g/mol. The van der Waals surface area contributed by atoms with Gasteiger partial charge in [0.25, 0.3) is 0 Å². The molecule has 0 radical (unpaired) electrons. The first kappa shape index (κ1) is 13.1. The van der Waals surface area contributed by atoms with Crippen LogP contribution in [-0.4, -0.2) is 65.1 Å². The molecule has 0 unspecified atom stereocenters. The van der Waals surface area contributed by atoms with E-state index in [0.29, 0.717) is 5.75 Å². The van der Waals surface area contributed by atoms with E-state index in [9.17, 15) is 14.6 Å². The minimum Gasteiger partial charge on any atom is -0.394 e. The zero-order chi connectivity index (χ0) is 11.4. The lowest BCUT2D eigenvalue weighted by Crippen LogP contribution is -2.57. The van der Waals surface area contributed by atoms with E-state index < -0.39 is 37.4 Å². The van der Waals surface area contributed by atoms with Gasteiger partial charge in [0.15, 0.2) is 12.5 Å². The number of ether oxygens (including phenoxy) is 2. The van der Waals surface area contributed by atoms with E-state index in [4.69, 9.17) is 14.6 Å². The minimum absolute atomic E-state index is 0.201. The Morgan fingerprint density at radius 2 is 2.00 bits per heavy atom. The zero-order valence-corrected chi connectivity index (χ0v) is 8.89. The summed E-state index contributed by atoms with van der Waals surface area (Å²) in [6.45, 7) is -0.377. The van der Waals surface area contributed by atoms with Gasteiger partial charge in [0.05, 0.1) is 13.2 Å². The average molecular weight is 242 g/mol. The molecule has 0 aromatic rings. The van der Waals surface area contributed by atoms with Gasteiger partial charge in [-0.3, -0.25) is 0 Å². The molecule has 0 aromatic carbocycles. The highest BCUT2D eigenvalue weighted by Crippen LogP contribution is 2.23. The topological polar surface area (TPSA) is 79.2 Å². The molecule has 1 saturated heterocycles. The fraction of sp³-hybridized carbons (Fsp3) is 1.00. The molecule has 0 aliphatic carbocycles. The van der Waals surface area contributed by atoms with Gasteiger partial charge in [-0.25, -0.2) is 4.39 Å². The zero-order valence-electron chi connectivity index (χ0n) is 7.99. The number of aliphatic hydroxyl groups excluding tert-OH is 3. The number of rotatable bonds is 4. The molecule has 1 rings (SSSR count). The summed E-state index contributed by atoms with van der Waals surface area (Å²) in [4.78, 5) is 0. The fourth-order valence-electron chi connectivity index (χ4n) is 1.35. The number of aliphatic hydroxyl groups is 3.